The second-order valence-corrected chi connectivity index (χ2v) is 20.3. The van der Waals surface area contributed by atoms with Crippen LogP contribution in [-0.4, -0.2) is 132 Å². The summed E-state index contributed by atoms with van der Waals surface area (Å²) in [6, 6.07) is -1.13. The van der Waals surface area contributed by atoms with Crippen LogP contribution in [0.5, 0.6) is 0 Å². The lowest BCUT2D eigenvalue weighted by atomic mass is 9.78. The maximum Gasteiger partial charge on any atom is 0.329 e. The molecule has 1 amide bonds. The molecule has 4 rings (SSSR count). The molecule has 2 saturated heterocycles. The predicted octanol–water partition coefficient (Wildman–Crippen LogP) is 6.82. The molecule has 378 valence electrons. The normalized spacial score (nSPS) is 39.6. The molecule has 0 aromatic heterocycles. The van der Waals surface area contributed by atoms with Gasteiger partial charge < -0.3 is 43.9 Å². The number of esters is 1. The summed E-state index contributed by atoms with van der Waals surface area (Å²) in [5, 5.41) is 32.7. The molecule has 4 aliphatic rings. The van der Waals surface area contributed by atoms with Gasteiger partial charge in [0.05, 0.1) is 43.7 Å². The number of amides is 1. The van der Waals surface area contributed by atoms with Crippen molar-refractivity contribution < 1.29 is 63.0 Å². The van der Waals surface area contributed by atoms with E-state index in [2.05, 4.69) is 0 Å². The quantitative estimate of drug-likeness (QED) is 0.131. The van der Waals surface area contributed by atoms with E-state index >= 15 is 0 Å². The molecule has 0 radical (unpaired) electrons. The maximum atomic E-state index is 14.4. The molecule has 3 aliphatic heterocycles. The molecule has 3 N–H and O–H groups in total. The first-order valence-corrected chi connectivity index (χ1v) is 24.9. The Morgan fingerprint density at radius 3 is 2.28 bits per heavy atom. The van der Waals surface area contributed by atoms with E-state index in [1.807, 2.05) is 58.1 Å². The van der Waals surface area contributed by atoms with Gasteiger partial charge in [0.1, 0.15) is 23.7 Å². The van der Waals surface area contributed by atoms with E-state index < -0.39 is 71.7 Å². The molecule has 2 bridgehead atoms. The van der Waals surface area contributed by atoms with Crippen molar-refractivity contribution in [2.75, 3.05) is 34.0 Å². The molecule has 3 heterocycles. The molecular formula is C53H83NO13. The van der Waals surface area contributed by atoms with Crippen LogP contribution < -0.4 is 0 Å². The van der Waals surface area contributed by atoms with Crippen LogP contribution in [0, 0.1) is 41.4 Å². The number of piperidine rings is 1. The van der Waals surface area contributed by atoms with Crippen LogP contribution >= 0.6 is 0 Å². The minimum atomic E-state index is -2.43. The molecule has 3 fully saturated rings. The Balaban J connectivity index is 1.68. The molecule has 1 aliphatic carbocycles. The number of carbonyl (C=O) groups excluding carboxylic acids is 5. The van der Waals surface area contributed by atoms with Crippen molar-refractivity contribution in [2.45, 2.75) is 181 Å². The molecule has 15 atom stereocenters. The van der Waals surface area contributed by atoms with Crippen LogP contribution in [-0.2, 0) is 47.7 Å². The van der Waals surface area contributed by atoms with Gasteiger partial charge in [-0.1, -0.05) is 78.0 Å². The van der Waals surface area contributed by atoms with Crippen molar-refractivity contribution in [2.24, 2.45) is 41.4 Å². The Bertz CT molecular complexity index is 1790. The molecule has 0 spiro atoms. The summed E-state index contributed by atoms with van der Waals surface area (Å²) in [4.78, 5) is 72.0. The van der Waals surface area contributed by atoms with E-state index in [1.165, 1.54) is 4.90 Å². The van der Waals surface area contributed by atoms with Crippen molar-refractivity contribution >= 4 is 29.2 Å². The summed E-state index contributed by atoms with van der Waals surface area (Å²) in [6.45, 7) is 14.8. The zero-order chi connectivity index (χ0) is 49.6. The summed E-state index contributed by atoms with van der Waals surface area (Å²) in [6.07, 6.45) is 13.8. The summed E-state index contributed by atoms with van der Waals surface area (Å²) in [5.41, 5.74) is 1.38. The Kier molecular flexibility index (Phi) is 22.3. The van der Waals surface area contributed by atoms with Gasteiger partial charge in [0.15, 0.2) is 0 Å². The number of aliphatic hydroxyl groups excluding tert-OH is 2. The minimum Gasteiger partial charge on any atom is -0.460 e. The third kappa shape index (κ3) is 15.3. The van der Waals surface area contributed by atoms with Crippen LogP contribution in [0.3, 0.4) is 0 Å². The highest BCUT2D eigenvalue weighted by molar-refractivity contribution is 6.39. The Morgan fingerprint density at radius 2 is 1.60 bits per heavy atom. The van der Waals surface area contributed by atoms with Crippen molar-refractivity contribution in [3.8, 4) is 0 Å². The standard InChI is InChI=1S/C53H83NO13/c1-32-16-12-11-13-17-33(2)45(63-9)30-41-21-19-38(7)53(62,67-41)50(59)51(60)54-23-15-14-18-42(54)52(61)66-46(35(4)28-40-20-22-44(65-25-24-55)47(29-40)64-10)31-43(56)34(3)27-37(6)49(58)39(8)48(57)36(5)26-32/h11-13,16-17,27,32,34-36,38-42,44-47,49,55,58,62H,14-15,18-26,28-31H2,1-10H3/b13-11+,16-12+,33-17+,37-27+/t32-,34-,35-,36-,38-,39+,40+,41+,42+,44-,45+,46+,47-,49-,53-/m1/s1. The highest BCUT2D eigenvalue weighted by Crippen LogP contribution is 2.38. The smallest absolute Gasteiger partial charge is 0.329 e. The summed E-state index contributed by atoms with van der Waals surface area (Å²) in [5.74, 6) is -8.14. The van der Waals surface area contributed by atoms with Gasteiger partial charge in [0.25, 0.3) is 11.7 Å². The topological polar surface area (TPSA) is 195 Å². The molecular weight excluding hydrogens is 859 g/mol. The van der Waals surface area contributed by atoms with Crippen LogP contribution in [0.15, 0.2) is 47.6 Å². The number of hydrogen-bond acceptors (Lipinski definition) is 13. The number of Topliss-reactive ketones (excluding diaryl/α,β-unsaturated/α-hetero) is 3. The zero-order valence-corrected chi connectivity index (χ0v) is 42.0. The van der Waals surface area contributed by atoms with Gasteiger partial charge >= 0.3 is 5.97 Å². The van der Waals surface area contributed by atoms with E-state index in [9.17, 15) is 39.3 Å². The number of methoxy groups -OCH3 is 2. The highest BCUT2D eigenvalue weighted by Gasteiger charge is 2.53. The van der Waals surface area contributed by atoms with Gasteiger partial charge in [0, 0.05) is 57.3 Å². The van der Waals surface area contributed by atoms with E-state index in [4.69, 9.17) is 23.7 Å². The van der Waals surface area contributed by atoms with Crippen LogP contribution in [0.4, 0.5) is 0 Å². The average Bonchev–Trinajstić information content (AvgIpc) is 3.31. The Hall–Kier alpha value is -3.37. The molecule has 0 aromatic carbocycles. The monoisotopic (exact) mass is 942 g/mol. The fourth-order valence-corrected chi connectivity index (χ4v) is 10.6. The molecule has 0 unspecified atom stereocenters. The number of fused-ring (bicyclic) bond motifs is 3. The van der Waals surface area contributed by atoms with Gasteiger partial charge in [-0.15, -0.1) is 0 Å². The molecule has 0 aromatic rings. The number of ketones is 3. The van der Waals surface area contributed by atoms with E-state index in [-0.39, 0.29) is 80.0 Å². The lowest BCUT2D eigenvalue weighted by Crippen LogP contribution is -2.61. The fraction of sp³-hybridized carbons (Fsp3) is 0.755. The highest BCUT2D eigenvalue weighted by atomic mass is 16.6. The first kappa shape index (κ1) is 56.2. The van der Waals surface area contributed by atoms with Crippen LogP contribution in [0.25, 0.3) is 0 Å². The molecule has 14 heteroatoms. The third-order valence-electron chi connectivity index (χ3n) is 15.0. The number of allylic oxidation sites excluding steroid dienone is 6. The summed E-state index contributed by atoms with van der Waals surface area (Å²) in [7, 11) is 3.22. The van der Waals surface area contributed by atoms with E-state index in [0.29, 0.717) is 63.4 Å². The second-order valence-electron chi connectivity index (χ2n) is 20.3. The van der Waals surface area contributed by atoms with Crippen molar-refractivity contribution in [1.82, 2.24) is 4.90 Å². The fourth-order valence-electron chi connectivity index (χ4n) is 10.6. The summed E-state index contributed by atoms with van der Waals surface area (Å²) >= 11 is 0. The number of aliphatic hydroxyl groups is 3. The van der Waals surface area contributed by atoms with Gasteiger partial charge in [-0.05, 0) is 107 Å². The first-order valence-electron chi connectivity index (χ1n) is 24.9. The van der Waals surface area contributed by atoms with Gasteiger partial charge in [-0.25, -0.2) is 4.79 Å². The second kappa shape index (κ2) is 26.6. The summed E-state index contributed by atoms with van der Waals surface area (Å²) < 4.78 is 30.0. The molecule has 67 heavy (non-hydrogen) atoms. The van der Waals surface area contributed by atoms with E-state index in [0.717, 1.165) is 12.0 Å². The number of cyclic esters (lactones) is 1. The average molecular weight is 942 g/mol. The number of nitrogens with zero attached hydrogens (tertiary/aromatic N) is 1. The number of hydrogen-bond donors (Lipinski definition) is 3. The van der Waals surface area contributed by atoms with Gasteiger partial charge in [0.2, 0.25) is 5.79 Å². The SMILES string of the molecule is CO[C@H]1C[C@@H]2CC[C@@H](C)[C@@](O)(O2)C(=O)C(=O)N2CCCC[C@H]2C(=O)O[C@H]([C@H](C)C[C@@H]2CC[C@@H](OCCO)[C@H](OC)C2)CC(=O)[C@H](C)/C=C(\C)[C@@H](O)[C@@H](C)C(=O)[C@H](C)C[C@H](C)/C=C/C=C/C=C/1C. The number of rotatable bonds is 8. The zero-order valence-electron chi connectivity index (χ0n) is 42.0. The van der Waals surface area contributed by atoms with Crippen molar-refractivity contribution in [1.29, 1.82) is 0 Å². The molecule has 1 saturated carbocycles. The van der Waals surface area contributed by atoms with Gasteiger partial charge in [-0.3, -0.25) is 19.2 Å². The first-order chi connectivity index (χ1) is 31.7. The number of ether oxygens (including phenoxy) is 5. The minimum absolute atomic E-state index is 0.0690. The lowest BCUT2D eigenvalue weighted by molar-refractivity contribution is -0.265. The maximum absolute atomic E-state index is 14.4. The number of carbonyl (C=O) groups is 5. The largest absolute Gasteiger partial charge is 0.460 e. The molecule has 14 nitrogen and oxygen atoms in total. The van der Waals surface area contributed by atoms with Crippen LogP contribution in [0.2, 0.25) is 0 Å². The predicted molar refractivity (Wildman–Crippen MR) is 254 cm³/mol. The van der Waals surface area contributed by atoms with Crippen molar-refractivity contribution in [3.63, 3.8) is 0 Å². The van der Waals surface area contributed by atoms with Gasteiger partial charge in [-0.2, -0.15) is 0 Å². The van der Waals surface area contributed by atoms with E-state index in [1.54, 1.807) is 48.0 Å². The van der Waals surface area contributed by atoms with Crippen molar-refractivity contribution in [3.05, 3.63) is 47.6 Å². The Labute approximate surface area is 399 Å². The van der Waals surface area contributed by atoms with Crippen LogP contribution in [0.1, 0.15) is 132 Å². The lowest BCUT2D eigenvalue weighted by Gasteiger charge is -2.42. The Morgan fingerprint density at radius 1 is 0.866 bits per heavy atom. The third-order valence-corrected chi connectivity index (χ3v) is 15.0.